The van der Waals surface area contributed by atoms with Crippen molar-refractivity contribution in [3.8, 4) is 0 Å². The van der Waals surface area contributed by atoms with Crippen molar-refractivity contribution >= 4 is 23.4 Å². The van der Waals surface area contributed by atoms with Crippen molar-refractivity contribution in [3.05, 3.63) is 34.9 Å². The molecule has 0 saturated carbocycles. The average Bonchev–Trinajstić information content (AvgIpc) is 2.36. The highest BCUT2D eigenvalue weighted by Gasteiger charge is 2.12. The van der Waals surface area contributed by atoms with E-state index in [-0.39, 0.29) is 30.9 Å². The van der Waals surface area contributed by atoms with Crippen molar-refractivity contribution < 1.29 is 9.59 Å². The number of halogens is 1. The summed E-state index contributed by atoms with van der Waals surface area (Å²) in [5.74, 6) is -0.653. The Hall–Kier alpha value is -1.59. The fourth-order valence-electron chi connectivity index (χ4n) is 1.45. The number of rotatable bonds is 5. The molecule has 0 heterocycles. The predicted octanol–water partition coefficient (Wildman–Crippen LogP) is 0.592. The molecule has 0 fully saturated rings. The number of nitrogens with one attached hydrogen (secondary N) is 2. The van der Waals surface area contributed by atoms with E-state index in [2.05, 4.69) is 10.6 Å². The second-order valence-corrected chi connectivity index (χ2v) is 4.20. The Bertz CT molecular complexity index is 437. The molecule has 0 aliphatic carbocycles. The van der Waals surface area contributed by atoms with E-state index < -0.39 is 0 Å². The third-order valence-electron chi connectivity index (χ3n) is 2.38. The Labute approximate surface area is 111 Å². The van der Waals surface area contributed by atoms with Crippen LogP contribution in [0.1, 0.15) is 18.5 Å². The molecule has 1 atom stereocenters. The van der Waals surface area contributed by atoms with E-state index in [4.69, 9.17) is 17.3 Å². The molecule has 1 rings (SSSR count). The molecule has 18 heavy (non-hydrogen) atoms. The molecule has 0 radical (unpaired) electrons. The molecule has 0 aliphatic heterocycles. The van der Waals surface area contributed by atoms with Gasteiger partial charge in [0, 0.05) is 5.02 Å². The minimum absolute atomic E-state index is 0.0924. The van der Waals surface area contributed by atoms with E-state index in [9.17, 15) is 9.59 Å². The lowest BCUT2D eigenvalue weighted by Crippen LogP contribution is -2.40. The zero-order chi connectivity index (χ0) is 13.5. The van der Waals surface area contributed by atoms with Crippen molar-refractivity contribution in [2.45, 2.75) is 13.0 Å². The monoisotopic (exact) mass is 269 g/mol. The van der Waals surface area contributed by atoms with Crippen LogP contribution in [0, 0.1) is 0 Å². The van der Waals surface area contributed by atoms with Crippen molar-refractivity contribution in [2.75, 3.05) is 13.1 Å². The molecule has 2 amide bonds. The number of carbonyl (C=O) groups is 2. The van der Waals surface area contributed by atoms with E-state index in [0.29, 0.717) is 5.02 Å². The Morgan fingerprint density at radius 3 is 2.61 bits per heavy atom. The molecule has 0 saturated heterocycles. The van der Waals surface area contributed by atoms with Crippen molar-refractivity contribution in [1.82, 2.24) is 10.6 Å². The van der Waals surface area contributed by atoms with Gasteiger partial charge in [-0.05, 0) is 18.6 Å². The lowest BCUT2D eigenvalue weighted by atomic mass is 10.1. The van der Waals surface area contributed by atoms with E-state index in [1.165, 1.54) is 0 Å². The van der Waals surface area contributed by atoms with Crippen molar-refractivity contribution in [3.63, 3.8) is 0 Å². The summed E-state index contributed by atoms with van der Waals surface area (Å²) in [6.45, 7) is 1.60. The maximum atomic E-state index is 11.5. The first-order valence-corrected chi connectivity index (χ1v) is 5.93. The average molecular weight is 270 g/mol. The van der Waals surface area contributed by atoms with Gasteiger partial charge in [0.1, 0.15) is 0 Å². The van der Waals surface area contributed by atoms with E-state index in [1.807, 2.05) is 25.1 Å². The Morgan fingerprint density at radius 2 is 2.00 bits per heavy atom. The fourth-order valence-corrected chi connectivity index (χ4v) is 1.75. The normalized spacial score (nSPS) is 11.7. The van der Waals surface area contributed by atoms with Gasteiger partial charge in [-0.25, -0.2) is 0 Å². The minimum atomic E-state index is -0.365. The molecule has 5 nitrogen and oxygen atoms in total. The van der Waals surface area contributed by atoms with Crippen LogP contribution in [0.15, 0.2) is 24.3 Å². The van der Waals surface area contributed by atoms with Crippen LogP contribution >= 0.6 is 11.6 Å². The Kier molecular flexibility index (Phi) is 5.61. The van der Waals surface area contributed by atoms with Crippen molar-refractivity contribution in [2.24, 2.45) is 5.73 Å². The molecule has 6 heteroatoms. The van der Waals surface area contributed by atoms with Gasteiger partial charge in [-0.1, -0.05) is 29.8 Å². The van der Waals surface area contributed by atoms with Crippen molar-refractivity contribution in [1.29, 1.82) is 0 Å². The topological polar surface area (TPSA) is 84.2 Å². The summed E-state index contributed by atoms with van der Waals surface area (Å²) in [4.78, 5) is 22.4. The van der Waals surface area contributed by atoms with Gasteiger partial charge >= 0.3 is 0 Å². The first-order chi connectivity index (χ1) is 8.54. The Morgan fingerprint density at radius 1 is 1.33 bits per heavy atom. The fraction of sp³-hybridized carbons (Fsp3) is 0.333. The van der Waals surface area contributed by atoms with Gasteiger partial charge in [-0.15, -0.1) is 0 Å². The molecule has 1 unspecified atom stereocenters. The molecular weight excluding hydrogens is 254 g/mol. The quantitative estimate of drug-likeness (QED) is 0.732. The lowest BCUT2D eigenvalue weighted by molar-refractivity contribution is -0.125. The lowest BCUT2D eigenvalue weighted by Gasteiger charge is -2.15. The van der Waals surface area contributed by atoms with Crippen LogP contribution in [0.2, 0.25) is 5.02 Å². The van der Waals surface area contributed by atoms with Gasteiger partial charge in [0.2, 0.25) is 11.8 Å². The number of benzene rings is 1. The first kappa shape index (κ1) is 14.5. The zero-order valence-electron chi connectivity index (χ0n) is 10.1. The largest absolute Gasteiger partial charge is 0.348 e. The van der Waals surface area contributed by atoms with E-state index >= 15 is 0 Å². The van der Waals surface area contributed by atoms with Crippen LogP contribution in [0.4, 0.5) is 0 Å². The summed E-state index contributed by atoms with van der Waals surface area (Å²) < 4.78 is 0. The number of hydrogen-bond acceptors (Lipinski definition) is 3. The highest BCUT2D eigenvalue weighted by molar-refractivity contribution is 6.31. The summed E-state index contributed by atoms with van der Waals surface area (Å²) in [6.07, 6.45) is 0. The Balaban J connectivity index is 2.50. The third kappa shape index (κ3) is 4.35. The van der Waals surface area contributed by atoms with E-state index in [1.54, 1.807) is 6.07 Å². The SMILES string of the molecule is CC(NC(=O)CNC(=O)CN)c1ccccc1Cl. The summed E-state index contributed by atoms with van der Waals surface area (Å²) >= 11 is 6.01. The molecule has 0 bridgehead atoms. The van der Waals surface area contributed by atoms with Gasteiger partial charge in [0.15, 0.2) is 0 Å². The molecule has 98 valence electrons. The maximum Gasteiger partial charge on any atom is 0.239 e. The van der Waals surface area contributed by atoms with Gasteiger partial charge < -0.3 is 16.4 Å². The third-order valence-corrected chi connectivity index (χ3v) is 2.72. The molecule has 1 aromatic rings. The minimum Gasteiger partial charge on any atom is -0.348 e. The van der Waals surface area contributed by atoms with Gasteiger partial charge in [0.25, 0.3) is 0 Å². The van der Waals surface area contributed by atoms with E-state index in [0.717, 1.165) is 5.56 Å². The predicted molar refractivity (Wildman–Crippen MR) is 70.1 cm³/mol. The second kappa shape index (κ2) is 6.98. The maximum absolute atomic E-state index is 11.5. The number of carbonyl (C=O) groups excluding carboxylic acids is 2. The number of hydrogen-bond donors (Lipinski definition) is 3. The van der Waals surface area contributed by atoms with Crippen LogP contribution < -0.4 is 16.4 Å². The number of nitrogens with two attached hydrogens (primary N) is 1. The molecule has 1 aromatic carbocycles. The second-order valence-electron chi connectivity index (χ2n) is 3.79. The van der Waals surface area contributed by atoms with Gasteiger partial charge in [0.05, 0.1) is 19.1 Å². The molecule has 0 aromatic heterocycles. The summed E-state index contributed by atoms with van der Waals surface area (Å²) in [7, 11) is 0. The standard InChI is InChI=1S/C12H16ClN3O2/c1-8(9-4-2-3-5-10(9)13)16-12(18)7-15-11(17)6-14/h2-5,8H,6-7,14H2,1H3,(H,15,17)(H,16,18). The van der Waals surface area contributed by atoms with Crippen LogP contribution in [0.5, 0.6) is 0 Å². The highest BCUT2D eigenvalue weighted by atomic mass is 35.5. The molecule has 0 aliphatic rings. The zero-order valence-corrected chi connectivity index (χ0v) is 10.8. The van der Waals surface area contributed by atoms with Crippen LogP contribution in [0.25, 0.3) is 0 Å². The summed E-state index contributed by atoms with van der Waals surface area (Å²) in [5.41, 5.74) is 5.94. The van der Waals surface area contributed by atoms with Gasteiger partial charge in [-0.2, -0.15) is 0 Å². The molecule has 4 N–H and O–H groups in total. The highest BCUT2D eigenvalue weighted by Crippen LogP contribution is 2.21. The molecular formula is C12H16ClN3O2. The van der Waals surface area contributed by atoms with Crippen LogP contribution in [0.3, 0.4) is 0 Å². The molecule has 0 spiro atoms. The first-order valence-electron chi connectivity index (χ1n) is 5.55. The summed E-state index contributed by atoms with van der Waals surface area (Å²) in [5, 5.41) is 5.73. The van der Waals surface area contributed by atoms with Gasteiger partial charge in [-0.3, -0.25) is 9.59 Å². The van der Waals surface area contributed by atoms with Crippen LogP contribution in [-0.4, -0.2) is 24.9 Å². The summed E-state index contributed by atoms with van der Waals surface area (Å²) in [6, 6.07) is 7.05. The number of amides is 2. The smallest absolute Gasteiger partial charge is 0.239 e. The van der Waals surface area contributed by atoms with Crippen LogP contribution in [-0.2, 0) is 9.59 Å².